The van der Waals surface area contributed by atoms with Gasteiger partial charge < -0.3 is 0 Å². The second kappa shape index (κ2) is 8.99. The van der Waals surface area contributed by atoms with Gasteiger partial charge in [0.15, 0.2) is 0 Å². The van der Waals surface area contributed by atoms with Gasteiger partial charge in [-0.1, -0.05) is 85.5 Å². The maximum absolute atomic E-state index is 2.50. The average molecular weight is 252 g/mol. The zero-order valence-corrected chi connectivity index (χ0v) is 13.4. The molecule has 0 aromatic rings. The minimum atomic E-state index is 0.985. The van der Waals surface area contributed by atoms with Gasteiger partial charge in [-0.3, -0.25) is 0 Å². The van der Waals surface area contributed by atoms with Gasteiger partial charge in [-0.25, -0.2) is 0 Å². The van der Waals surface area contributed by atoms with Crippen LogP contribution in [0.5, 0.6) is 0 Å². The van der Waals surface area contributed by atoms with Crippen molar-refractivity contribution in [2.24, 2.45) is 23.7 Å². The molecule has 1 aliphatic rings. The molecular formula is C18H36. The summed E-state index contributed by atoms with van der Waals surface area (Å²) < 4.78 is 0. The Hall–Kier alpha value is 0. The van der Waals surface area contributed by atoms with Crippen LogP contribution in [-0.4, -0.2) is 0 Å². The van der Waals surface area contributed by atoms with Gasteiger partial charge in [0.1, 0.15) is 0 Å². The molecule has 4 unspecified atom stereocenters. The van der Waals surface area contributed by atoms with Gasteiger partial charge in [0.2, 0.25) is 0 Å². The van der Waals surface area contributed by atoms with Crippen molar-refractivity contribution in [1.82, 2.24) is 0 Å². The quantitative estimate of drug-likeness (QED) is 0.436. The van der Waals surface area contributed by atoms with E-state index in [2.05, 4.69) is 27.7 Å². The SMILES string of the molecule is CCCCCCC1CCC(C)C(CC)C1CCC. The highest BCUT2D eigenvalue weighted by Gasteiger charge is 2.35. The molecule has 0 radical (unpaired) electrons. The molecule has 0 bridgehead atoms. The van der Waals surface area contributed by atoms with Crippen molar-refractivity contribution in [1.29, 1.82) is 0 Å². The fourth-order valence-corrected chi connectivity index (χ4v) is 4.36. The average Bonchev–Trinajstić information content (AvgIpc) is 2.37. The van der Waals surface area contributed by atoms with Crippen LogP contribution in [0.3, 0.4) is 0 Å². The van der Waals surface area contributed by atoms with Crippen molar-refractivity contribution in [3.8, 4) is 0 Å². The Labute approximate surface area is 116 Å². The molecule has 0 heterocycles. The van der Waals surface area contributed by atoms with Crippen LogP contribution >= 0.6 is 0 Å². The highest BCUT2D eigenvalue weighted by molar-refractivity contribution is 4.85. The molecule has 4 atom stereocenters. The summed E-state index contributed by atoms with van der Waals surface area (Å²) >= 11 is 0. The zero-order valence-electron chi connectivity index (χ0n) is 13.4. The lowest BCUT2D eigenvalue weighted by Crippen LogP contribution is -2.33. The van der Waals surface area contributed by atoms with Gasteiger partial charge in [0.05, 0.1) is 0 Å². The molecule has 0 saturated heterocycles. The fourth-order valence-electron chi connectivity index (χ4n) is 4.36. The van der Waals surface area contributed by atoms with E-state index >= 15 is 0 Å². The number of unbranched alkanes of at least 4 members (excludes halogenated alkanes) is 3. The molecular weight excluding hydrogens is 216 g/mol. The van der Waals surface area contributed by atoms with Crippen molar-refractivity contribution in [2.45, 2.75) is 91.9 Å². The third-order valence-electron chi connectivity index (χ3n) is 5.40. The molecule has 1 rings (SSSR count). The summed E-state index contributed by atoms with van der Waals surface area (Å²) in [6.07, 6.45) is 14.6. The van der Waals surface area contributed by atoms with Crippen LogP contribution in [0.25, 0.3) is 0 Å². The second-order valence-corrected chi connectivity index (χ2v) is 6.69. The van der Waals surface area contributed by atoms with Crippen LogP contribution in [0.2, 0.25) is 0 Å². The van der Waals surface area contributed by atoms with Gasteiger partial charge in [-0.2, -0.15) is 0 Å². The van der Waals surface area contributed by atoms with Crippen molar-refractivity contribution in [3.05, 3.63) is 0 Å². The van der Waals surface area contributed by atoms with Crippen LogP contribution in [0.4, 0.5) is 0 Å². The predicted octanol–water partition coefficient (Wildman–Crippen LogP) is 6.45. The van der Waals surface area contributed by atoms with Gasteiger partial charge in [-0.15, -0.1) is 0 Å². The Kier molecular flexibility index (Phi) is 8.02. The second-order valence-electron chi connectivity index (χ2n) is 6.69. The van der Waals surface area contributed by atoms with Gasteiger partial charge >= 0.3 is 0 Å². The third-order valence-corrected chi connectivity index (χ3v) is 5.40. The molecule has 108 valence electrons. The van der Waals surface area contributed by atoms with Crippen molar-refractivity contribution < 1.29 is 0 Å². The molecule has 1 saturated carbocycles. The monoisotopic (exact) mass is 252 g/mol. The van der Waals surface area contributed by atoms with Crippen molar-refractivity contribution >= 4 is 0 Å². The van der Waals surface area contributed by atoms with Crippen LogP contribution in [0.1, 0.15) is 91.9 Å². The zero-order chi connectivity index (χ0) is 13.4. The lowest BCUT2D eigenvalue weighted by molar-refractivity contribution is 0.0795. The number of hydrogen-bond donors (Lipinski definition) is 0. The Morgan fingerprint density at radius 2 is 1.56 bits per heavy atom. The highest BCUT2D eigenvalue weighted by Crippen LogP contribution is 2.44. The van der Waals surface area contributed by atoms with E-state index in [4.69, 9.17) is 0 Å². The molecule has 0 nitrogen and oxygen atoms in total. The molecule has 1 aliphatic carbocycles. The minimum Gasteiger partial charge on any atom is -0.0654 e. The van der Waals surface area contributed by atoms with Crippen LogP contribution < -0.4 is 0 Å². The standard InChI is InChI=1S/C18H36/c1-5-8-9-10-12-16-14-13-15(4)17(7-3)18(16)11-6-2/h15-18H,5-14H2,1-4H3. The topological polar surface area (TPSA) is 0 Å². The first-order chi connectivity index (χ1) is 8.74. The maximum Gasteiger partial charge on any atom is -0.0355 e. The largest absolute Gasteiger partial charge is 0.0654 e. The van der Waals surface area contributed by atoms with E-state index < -0.39 is 0 Å². The van der Waals surface area contributed by atoms with Crippen LogP contribution in [-0.2, 0) is 0 Å². The molecule has 18 heavy (non-hydrogen) atoms. The van der Waals surface area contributed by atoms with E-state index in [0.717, 1.165) is 23.7 Å². The summed E-state index contributed by atoms with van der Waals surface area (Å²) in [7, 11) is 0. The normalized spacial score (nSPS) is 32.7. The number of rotatable bonds is 8. The van der Waals surface area contributed by atoms with Crippen LogP contribution in [0, 0.1) is 23.7 Å². The lowest BCUT2D eigenvalue weighted by Gasteiger charge is -2.42. The van der Waals surface area contributed by atoms with Crippen LogP contribution in [0.15, 0.2) is 0 Å². The summed E-state index contributed by atoms with van der Waals surface area (Å²) in [6.45, 7) is 9.61. The summed E-state index contributed by atoms with van der Waals surface area (Å²) in [5, 5.41) is 0. The van der Waals surface area contributed by atoms with E-state index in [9.17, 15) is 0 Å². The highest BCUT2D eigenvalue weighted by atomic mass is 14.4. The Bertz CT molecular complexity index is 196. The lowest BCUT2D eigenvalue weighted by atomic mass is 9.63. The molecule has 0 aromatic heterocycles. The summed E-state index contributed by atoms with van der Waals surface area (Å²) in [5.41, 5.74) is 0. The smallest absolute Gasteiger partial charge is 0.0355 e. The van der Waals surface area contributed by atoms with Crippen molar-refractivity contribution in [3.63, 3.8) is 0 Å². The molecule has 0 amide bonds. The number of hydrogen-bond acceptors (Lipinski definition) is 0. The van der Waals surface area contributed by atoms with E-state index in [1.54, 1.807) is 0 Å². The molecule has 1 fully saturated rings. The Balaban J connectivity index is 2.47. The molecule has 0 aliphatic heterocycles. The first-order valence-electron chi connectivity index (χ1n) is 8.74. The maximum atomic E-state index is 2.50. The first-order valence-corrected chi connectivity index (χ1v) is 8.74. The summed E-state index contributed by atoms with van der Waals surface area (Å²) in [4.78, 5) is 0. The minimum absolute atomic E-state index is 0.985. The predicted molar refractivity (Wildman–Crippen MR) is 82.8 cm³/mol. The van der Waals surface area contributed by atoms with Gasteiger partial charge in [-0.05, 0) is 30.1 Å². The van der Waals surface area contributed by atoms with Gasteiger partial charge in [0.25, 0.3) is 0 Å². The first kappa shape index (κ1) is 16.1. The van der Waals surface area contributed by atoms with Crippen molar-refractivity contribution in [2.75, 3.05) is 0 Å². The molecule has 0 spiro atoms. The van der Waals surface area contributed by atoms with Gasteiger partial charge in [0, 0.05) is 0 Å². The van der Waals surface area contributed by atoms with E-state index in [-0.39, 0.29) is 0 Å². The van der Waals surface area contributed by atoms with E-state index in [1.165, 1.54) is 64.2 Å². The molecule has 0 N–H and O–H groups in total. The Morgan fingerprint density at radius 1 is 0.778 bits per heavy atom. The molecule has 0 aromatic carbocycles. The van der Waals surface area contributed by atoms with E-state index in [1.807, 2.05) is 0 Å². The summed E-state index contributed by atoms with van der Waals surface area (Å²) in [6, 6.07) is 0. The third kappa shape index (κ3) is 4.59. The van der Waals surface area contributed by atoms with E-state index in [0.29, 0.717) is 0 Å². The summed E-state index contributed by atoms with van der Waals surface area (Å²) in [5.74, 6) is 4.11. The molecule has 0 heteroatoms. The fraction of sp³-hybridized carbons (Fsp3) is 1.00. The Morgan fingerprint density at radius 3 is 2.17 bits per heavy atom.